The first kappa shape index (κ1) is 18.2. The number of benzene rings is 2. The van der Waals surface area contributed by atoms with E-state index in [1.54, 1.807) is 0 Å². The average molecular weight is 350 g/mol. The molecule has 0 aliphatic carbocycles. The third kappa shape index (κ3) is 4.33. The van der Waals surface area contributed by atoms with Crippen molar-refractivity contribution in [3.8, 4) is 0 Å². The first-order valence-corrected chi connectivity index (χ1v) is 9.10. The number of amides is 1. The van der Waals surface area contributed by atoms with Gasteiger partial charge in [-0.15, -0.1) is 0 Å². The van der Waals surface area contributed by atoms with E-state index >= 15 is 0 Å². The summed E-state index contributed by atoms with van der Waals surface area (Å²) in [4.78, 5) is 14.6. The molecule has 3 rings (SSSR count). The first-order chi connectivity index (χ1) is 12.5. The second-order valence-electron chi connectivity index (χ2n) is 6.89. The Morgan fingerprint density at radius 2 is 1.73 bits per heavy atom. The van der Waals surface area contributed by atoms with Gasteiger partial charge in [0.25, 0.3) is 0 Å². The summed E-state index contributed by atoms with van der Waals surface area (Å²) in [7, 11) is 0. The summed E-state index contributed by atoms with van der Waals surface area (Å²) in [6.07, 6.45) is 0. The van der Waals surface area contributed by atoms with Crippen molar-refractivity contribution in [1.29, 1.82) is 0 Å². The molecule has 0 saturated heterocycles. The first-order valence-electron chi connectivity index (χ1n) is 9.10. The van der Waals surface area contributed by atoms with Crippen molar-refractivity contribution >= 4 is 16.9 Å². The van der Waals surface area contributed by atoms with Gasteiger partial charge in [0, 0.05) is 18.0 Å². The standard InChI is InChI=1S/C22H26N2O2/c1-16(2)24(15-18-9-5-4-6-10-18)22(25)14-23-17(3)21-13-19-11-7-8-12-20(19)26-21/h4-13,16-17,23H,14-15H2,1-3H3. The second kappa shape index (κ2) is 8.19. The highest BCUT2D eigenvalue weighted by Gasteiger charge is 2.19. The van der Waals surface area contributed by atoms with Gasteiger partial charge in [0.05, 0.1) is 12.6 Å². The van der Waals surface area contributed by atoms with Gasteiger partial charge in [0.2, 0.25) is 5.91 Å². The molecule has 4 heteroatoms. The molecular weight excluding hydrogens is 324 g/mol. The predicted molar refractivity (Wildman–Crippen MR) is 105 cm³/mol. The molecule has 1 aromatic heterocycles. The number of fused-ring (bicyclic) bond motifs is 1. The van der Waals surface area contributed by atoms with Crippen molar-refractivity contribution in [3.63, 3.8) is 0 Å². The third-order valence-electron chi connectivity index (χ3n) is 4.57. The summed E-state index contributed by atoms with van der Waals surface area (Å²) >= 11 is 0. The number of nitrogens with one attached hydrogen (secondary N) is 1. The van der Waals surface area contributed by atoms with Gasteiger partial charge in [0.15, 0.2) is 0 Å². The van der Waals surface area contributed by atoms with Crippen LogP contribution in [0.4, 0.5) is 0 Å². The Labute approximate surface area is 154 Å². The van der Waals surface area contributed by atoms with Crippen LogP contribution in [-0.4, -0.2) is 23.4 Å². The molecule has 0 radical (unpaired) electrons. The number of nitrogens with zero attached hydrogens (tertiary/aromatic N) is 1. The van der Waals surface area contributed by atoms with Crippen molar-refractivity contribution in [1.82, 2.24) is 10.2 Å². The van der Waals surface area contributed by atoms with Crippen LogP contribution in [0.15, 0.2) is 65.1 Å². The molecular formula is C22H26N2O2. The van der Waals surface area contributed by atoms with Crippen molar-refractivity contribution < 1.29 is 9.21 Å². The summed E-state index contributed by atoms with van der Waals surface area (Å²) in [6, 6.07) is 20.2. The van der Waals surface area contributed by atoms with Crippen molar-refractivity contribution in [2.45, 2.75) is 39.4 Å². The zero-order valence-corrected chi connectivity index (χ0v) is 15.6. The molecule has 3 aromatic rings. The molecule has 136 valence electrons. The molecule has 1 N–H and O–H groups in total. The summed E-state index contributed by atoms with van der Waals surface area (Å²) in [5, 5.41) is 4.37. The zero-order valence-electron chi connectivity index (χ0n) is 15.6. The van der Waals surface area contributed by atoms with E-state index in [9.17, 15) is 4.79 Å². The molecule has 26 heavy (non-hydrogen) atoms. The predicted octanol–water partition coefficient (Wildman–Crippen LogP) is 4.52. The van der Waals surface area contributed by atoms with E-state index in [-0.39, 0.29) is 24.5 Å². The van der Waals surface area contributed by atoms with Crippen LogP contribution in [0.3, 0.4) is 0 Å². The van der Waals surface area contributed by atoms with Crippen LogP contribution < -0.4 is 5.32 Å². The van der Waals surface area contributed by atoms with Gasteiger partial charge in [-0.2, -0.15) is 0 Å². The lowest BCUT2D eigenvalue weighted by molar-refractivity contribution is -0.132. The maximum Gasteiger partial charge on any atom is 0.237 e. The van der Waals surface area contributed by atoms with Gasteiger partial charge in [-0.1, -0.05) is 48.5 Å². The number of hydrogen-bond acceptors (Lipinski definition) is 3. The highest BCUT2D eigenvalue weighted by molar-refractivity contribution is 5.79. The average Bonchev–Trinajstić information content (AvgIpc) is 3.09. The molecule has 1 atom stereocenters. The normalized spacial score (nSPS) is 12.5. The number of carbonyl (C=O) groups is 1. The Kier molecular flexibility index (Phi) is 5.74. The fraction of sp³-hybridized carbons (Fsp3) is 0.318. The van der Waals surface area contributed by atoms with Crippen LogP contribution in [0.5, 0.6) is 0 Å². The molecule has 0 aliphatic rings. The molecule has 4 nitrogen and oxygen atoms in total. The fourth-order valence-corrected chi connectivity index (χ4v) is 3.00. The monoisotopic (exact) mass is 350 g/mol. The van der Waals surface area contributed by atoms with Crippen LogP contribution in [0.25, 0.3) is 11.0 Å². The Bertz CT molecular complexity index is 822. The van der Waals surface area contributed by atoms with Gasteiger partial charge in [-0.25, -0.2) is 0 Å². The Balaban J connectivity index is 1.62. The molecule has 0 spiro atoms. The molecule has 1 unspecified atom stereocenters. The fourth-order valence-electron chi connectivity index (χ4n) is 3.00. The summed E-state index contributed by atoms with van der Waals surface area (Å²) in [5.41, 5.74) is 2.01. The molecule has 1 amide bonds. The van der Waals surface area contributed by atoms with Crippen molar-refractivity contribution in [2.75, 3.05) is 6.54 Å². The smallest absolute Gasteiger partial charge is 0.237 e. The lowest BCUT2D eigenvalue weighted by Crippen LogP contribution is -2.42. The zero-order chi connectivity index (χ0) is 18.5. The van der Waals surface area contributed by atoms with Crippen molar-refractivity contribution in [2.24, 2.45) is 0 Å². The van der Waals surface area contributed by atoms with E-state index in [1.807, 2.05) is 86.3 Å². The number of carbonyl (C=O) groups excluding carboxylic acids is 1. The minimum atomic E-state index is -0.0305. The summed E-state index contributed by atoms with van der Waals surface area (Å²) in [6.45, 7) is 7.01. The lowest BCUT2D eigenvalue weighted by Gasteiger charge is -2.27. The van der Waals surface area contributed by atoms with Gasteiger partial charge < -0.3 is 9.32 Å². The summed E-state index contributed by atoms with van der Waals surface area (Å²) < 4.78 is 5.88. The van der Waals surface area contributed by atoms with E-state index in [2.05, 4.69) is 5.32 Å². The Morgan fingerprint density at radius 3 is 2.42 bits per heavy atom. The summed E-state index contributed by atoms with van der Waals surface area (Å²) in [5.74, 6) is 0.935. The molecule has 0 bridgehead atoms. The Morgan fingerprint density at radius 1 is 1.04 bits per heavy atom. The van der Waals surface area contributed by atoms with Gasteiger partial charge in [0.1, 0.15) is 11.3 Å². The second-order valence-corrected chi connectivity index (χ2v) is 6.89. The molecule has 0 fully saturated rings. The van der Waals surface area contributed by atoms with Crippen LogP contribution in [0.1, 0.15) is 38.1 Å². The Hall–Kier alpha value is -2.59. The van der Waals surface area contributed by atoms with E-state index in [4.69, 9.17) is 4.42 Å². The minimum absolute atomic E-state index is 0.0305. The highest BCUT2D eigenvalue weighted by atomic mass is 16.3. The van der Waals surface area contributed by atoms with E-state index in [1.165, 1.54) is 0 Å². The van der Waals surface area contributed by atoms with E-state index < -0.39 is 0 Å². The highest BCUT2D eigenvalue weighted by Crippen LogP contribution is 2.23. The van der Waals surface area contributed by atoms with Gasteiger partial charge >= 0.3 is 0 Å². The van der Waals surface area contributed by atoms with Crippen LogP contribution >= 0.6 is 0 Å². The largest absolute Gasteiger partial charge is 0.459 e. The molecule has 1 heterocycles. The van der Waals surface area contributed by atoms with Gasteiger partial charge in [-0.05, 0) is 38.5 Å². The maximum atomic E-state index is 12.7. The van der Waals surface area contributed by atoms with Crippen LogP contribution in [0.2, 0.25) is 0 Å². The SMILES string of the molecule is CC(NCC(=O)N(Cc1ccccc1)C(C)C)c1cc2ccccc2o1. The number of hydrogen-bond donors (Lipinski definition) is 1. The topological polar surface area (TPSA) is 45.5 Å². The number of furan rings is 1. The van der Waals surface area contributed by atoms with Crippen LogP contribution in [-0.2, 0) is 11.3 Å². The van der Waals surface area contributed by atoms with E-state index in [0.717, 1.165) is 22.3 Å². The maximum absolute atomic E-state index is 12.7. The van der Waals surface area contributed by atoms with Crippen molar-refractivity contribution in [3.05, 3.63) is 72.0 Å². The quantitative estimate of drug-likeness (QED) is 0.681. The third-order valence-corrected chi connectivity index (χ3v) is 4.57. The van der Waals surface area contributed by atoms with Crippen LogP contribution in [0, 0.1) is 0 Å². The number of rotatable bonds is 7. The number of para-hydroxylation sites is 1. The minimum Gasteiger partial charge on any atom is -0.459 e. The lowest BCUT2D eigenvalue weighted by atomic mass is 10.2. The molecule has 0 aliphatic heterocycles. The van der Waals surface area contributed by atoms with Gasteiger partial charge in [-0.3, -0.25) is 10.1 Å². The van der Waals surface area contributed by atoms with E-state index in [0.29, 0.717) is 6.54 Å². The molecule has 0 saturated carbocycles. The molecule has 2 aromatic carbocycles.